The van der Waals surface area contributed by atoms with E-state index in [1.54, 1.807) is 16.4 Å². The van der Waals surface area contributed by atoms with Crippen molar-refractivity contribution in [1.82, 2.24) is 25.5 Å². The molecule has 0 amide bonds. The number of hydrogen-bond donors (Lipinski definition) is 1. The number of tetrazole rings is 1. The van der Waals surface area contributed by atoms with Gasteiger partial charge in [-0.1, -0.05) is 59.8 Å². The lowest BCUT2D eigenvalue weighted by molar-refractivity contribution is 0.728. The van der Waals surface area contributed by atoms with Gasteiger partial charge in [-0.05, 0) is 34.2 Å². The zero-order valence-corrected chi connectivity index (χ0v) is 15.2. The van der Waals surface area contributed by atoms with Crippen molar-refractivity contribution >= 4 is 35.8 Å². The van der Waals surface area contributed by atoms with Crippen molar-refractivity contribution in [3.8, 4) is 5.69 Å². The summed E-state index contributed by atoms with van der Waals surface area (Å²) in [6.07, 6.45) is 0. The Kier molecular flexibility index (Phi) is 7.52. The Morgan fingerprint density at radius 2 is 1.79 bits per heavy atom. The molecule has 0 aliphatic carbocycles. The Morgan fingerprint density at radius 1 is 1.04 bits per heavy atom. The Balaban J connectivity index is 0.00000208. The van der Waals surface area contributed by atoms with Crippen molar-refractivity contribution < 1.29 is 0 Å². The first-order chi connectivity index (χ1) is 11.3. The fourth-order valence-corrected chi connectivity index (χ4v) is 3.07. The lowest BCUT2D eigenvalue weighted by atomic mass is 10.2. The van der Waals surface area contributed by atoms with E-state index in [0.29, 0.717) is 0 Å². The molecule has 0 fully saturated rings. The summed E-state index contributed by atoms with van der Waals surface area (Å²) in [5.41, 5.74) is 2.07. The lowest BCUT2D eigenvalue weighted by Gasteiger charge is -2.07. The molecule has 24 heavy (non-hydrogen) atoms. The summed E-state index contributed by atoms with van der Waals surface area (Å²) >= 11 is 7.75. The van der Waals surface area contributed by atoms with Crippen LogP contribution < -0.4 is 5.32 Å². The summed E-state index contributed by atoms with van der Waals surface area (Å²) < 4.78 is 1.75. The van der Waals surface area contributed by atoms with Gasteiger partial charge in [0.2, 0.25) is 5.16 Å². The summed E-state index contributed by atoms with van der Waals surface area (Å²) in [4.78, 5) is 0. The van der Waals surface area contributed by atoms with Crippen LogP contribution in [0.2, 0.25) is 5.02 Å². The van der Waals surface area contributed by atoms with Gasteiger partial charge < -0.3 is 5.32 Å². The number of hydrogen-bond acceptors (Lipinski definition) is 5. The number of benzene rings is 2. The standard InChI is InChI=1S/C16H16ClN5S.ClH/c17-15-9-5-4-6-13(15)12-18-10-11-23-16-19-20-21-22(16)14-7-2-1-3-8-14;/h1-9,18H,10-12H2;1H. The van der Waals surface area contributed by atoms with Crippen LogP contribution in [-0.2, 0) is 6.54 Å². The minimum Gasteiger partial charge on any atom is -0.312 e. The molecule has 0 aliphatic heterocycles. The first-order valence-corrected chi connectivity index (χ1v) is 8.61. The number of thioether (sulfide) groups is 1. The van der Waals surface area contributed by atoms with Crippen LogP contribution in [0.25, 0.3) is 5.69 Å². The average Bonchev–Trinajstić information content (AvgIpc) is 3.05. The van der Waals surface area contributed by atoms with Crippen LogP contribution in [0, 0.1) is 0 Å². The van der Waals surface area contributed by atoms with E-state index in [9.17, 15) is 0 Å². The molecule has 0 aliphatic rings. The van der Waals surface area contributed by atoms with E-state index >= 15 is 0 Å². The van der Waals surface area contributed by atoms with E-state index in [0.717, 1.165) is 40.3 Å². The number of nitrogens with zero attached hydrogens (tertiary/aromatic N) is 4. The molecule has 1 aromatic heterocycles. The monoisotopic (exact) mass is 381 g/mol. The summed E-state index contributed by atoms with van der Waals surface area (Å²) in [5, 5.41) is 16.8. The highest BCUT2D eigenvalue weighted by Gasteiger charge is 2.08. The van der Waals surface area contributed by atoms with Gasteiger partial charge in [0.05, 0.1) is 5.69 Å². The third-order valence-corrected chi connectivity index (χ3v) is 4.51. The van der Waals surface area contributed by atoms with Gasteiger partial charge in [-0.2, -0.15) is 4.68 Å². The number of rotatable bonds is 7. The molecule has 1 N–H and O–H groups in total. The van der Waals surface area contributed by atoms with Crippen LogP contribution >= 0.6 is 35.8 Å². The molecule has 0 radical (unpaired) electrons. The normalized spacial score (nSPS) is 10.4. The number of nitrogens with one attached hydrogen (secondary N) is 1. The fraction of sp³-hybridized carbons (Fsp3) is 0.188. The topological polar surface area (TPSA) is 55.6 Å². The van der Waals surface area contributed by atoms with Gasteiger partial charge >= 0.3 is 0 Å². The minimum absolute atomic E-state index is 0. The van der Waals surface area contributed by atoms with Crippen LogP contribution in [0.3, 0.4) is 0 Å². The molecule has 0 bridgehead atoms. The Morgan fingerprint density at radius 3 is 2.58 bits per heavy atom. The van der Waals surface area contributed by atoms with E-state index < -0.39 is 0 Å². The zero-order valence-electron chi connectivity index (χ0n) is 12.8. The van der Waals surface area contributed by atoms with Crippen molar-refractivity contribution in [3.05, 3.63) is 65.2 Å². The van der Waals surface area contributed by atoms with Gasteiger partial charge in [0.15, 0.2) is 0 Å². The fourth-order valence-electron chi connectivity index (χ4n) is 2.08. The second kappa shape index (κ2) is 9.64. The number of para-hydroxylation sites is 1. The predicted molar refractivity (Wildman–Crippen MR) is 100 cm³/mol. The largest absolute Gasteiger partial charge is 0.312 e. The van der Waals surface area contributed by atoms with Gasteiger partial charge in [0.1, 0.15) is 0 Å². The predicted octanol–water partition coefficient (Wildman–Crippen LogP) is 3.62. The molecule has 0 unspecified atom stereocenters. The molecule has 8 heteroatoms. The van der Waals surface area contributed by atoms with Gasteiger partial charge in [-0.15, -0.1) is 17.5 Å². The van der Waals surface area contributed by atoms with Gasteiger partial charge in [-0.25, -0.2) is 0 Å². The molecular weight excluding hydrogens is 365 g/mol. The molecule has 0 saturated heterocycles. The van der Waals surface area contributed by atoms with E-state index in [1.165, 1.54) is 0 Å². The maximum Gasteiger partial charge on any atom is 0.214 e. The van der Waals surface area contributed by atoms with Crippen LogP contribution in [-0.4, -0.2) is 32.5 Å². The van der Waals surface area contributed by atoms with Gasteiger partial charge in [0, 0.05) is 23.9 Å². The molecule has 2 aromatic carbocycles. The van der Waals surface area contributed by atoms with Crippen molar-refractivity contribution in [2.45, 2.75) is 11.7 Å². The quantitative estimate of drug-likeness (QED) is 0.500. The molecule has 126 valence electrons. The third kappa shape index (κ3) is 4.95. The highest BCUT2D eigenvalue weighted by molar-refractivity contribution is 7.99. The Hall–Kier alpha value is -1.60. The molecule has 3 aromatic rings. The summed E-state index contributed by atoms with van der Waals surface area (Å²) in [7, 11) is 0. The van der Waals surface area contributed by atoms with Crippen molar-refractivity contribution in [2.24, 2.45) is 0 Å². The van der Waals surface area contributed by atoms with Crippen LogP contribution in [0.1, 0.15) is 5.56 Å². The van der Waals surface area contributed by atoms with Crippen molar-refractivity contribution in [2.75, 3.05) is 12.3 Å². The van der Waals surface area contributed by atoms with E-state index in [1.807, 2.05) is 54.6 Å². The second-order valence-electron chi connectivity index (χ2n) is 4.83. The summed E-state index contributed by atoms with van der Waals surface area (Å²) in [6.45, 7) is 1.60. The highest BCUT2D eigenvalue weighted by Crippen LogP contribution is 2.17. The van der Waals surface area contributed by atoms with Crippen LogP contribution in [0.5, 0.6) is 0 Å². The van der Waals surface area contributed by atoms with E-state index in [2.05, 4.69) is 20.8 Å². The highest BCUT2D eigenvalue weighted by atomic mass is 35.5. The minimum atomic E-state index is 0. The third-order valence-electron chi connectivity index (χ3n) is 3.22. The summed E-state index contributed by atoms with van der Waals surface area (Å²) in [5.74, 6) is 0.873. The maximum absolute atomic E-state index is 6.13. The maximum atomic E-state index is 6.13. The number of aromatic nitrogens is 4. The molecule has 0 atom stereocenters. The summed E-state index contributed by atoms with van der Waals surface area (Å²) in [6, 6.07) is 17.7. The SMILES string of the molecule is Cl.Clc1ccccc1CNCCSc1nnnn1-c1ccccc1. The number of halogens is 2. The zero-order chi connectivity index (χ0) is 15.9. The van der Waals surface area contributed by atoms with Crippen molar-refractivity contribution in [3.63, 3.8) is 0 Å². The lowest BCUT2D eigenvalue weighted by Crippen LogP contribution is -2.17. The molecule has 0 saturated carbocycles. The van der Waals surface area contributed by atoms with Crippen molar-refractivity contribution in [1.29, 1.82) is 0 Å². The second-order valence-corrected chi connectivity index (χ2v) is 6.29. The van der Waals surface area contributed by atoms with Crippen LogP contribution in [0.4, 0.5) is 0 Å². The molecule has 1 heterocycles. The van der Waals surface area contributed by atoms with E-state index in [4.69, 9.17) is 11.6 Å². The van der Waals surface area contributed by atoms with Crippen LogP contribution in [0.15, 0.2) is 59.8 Å². The smallest absolute Gasteiger partial charge is 0.214 e. The first-order valence-electron chi connectivity index (χ1n) is 7.25. The van der Waals surface area contributed by atoms with Gasteiger partial charge in [-0.3, -0.25) is 0 Å². The Labute approximate surface area is 156 Å². The molecule has 0 spiro atoms. The van der Waals surface area contributed by atoms with Gasteiger partial charge in [0.25, 0.3) is 0 Å². The molecule has 5 nitrogen and oxygen atoms in total. The first kappa shape index (κ1) is 18.7. The molecule has 3 rings (SSSR count). The Bertz CT molecular complexity index is 751. The molecular formula is C16H17Cl2N5S. The average molecular weight is 382 g/mol. The van der Waals surface area contributed by atoms with E-state index in [-0.39, 0.29) is 12.4 Å².